The SMILES string of the molecule is CCC[C@H]1[C@H]2C[C@H](CN(C(=O)c3ccc(Cl)c(C)c3)C2)[C@@H]2CCCC(=O)N21. The lowest BCUT2D eigenvalue weighted by atomic mass is 9.71. The lowest BCUT2D eigenvalue weighted by Gasteiger charge is -2.56. The Hall–Kier alpha value is -1.55. The molecule has 0 unspecified atom stereocenters. The Balaban J connectivity index is 1.59. The van der Waals surface area contributed by atoms with Crippen molar-refractivity contribution in [3.63, 3.8) is 0 Å². The fraction of sp³-hybridized carbons (Fsp3) is 0.636. The number of amides is 2. The van der Waals surface area contributed by atoms with Crippen LogP contribution in [-0.2, 0) is 4.79 Å². The van der Waals surface area contributed by atoms with Gasteiger partial charge in [-0.3, -0.25) is 9.59 Å². The van der Waals surface area contributed by atoms with Crippen molar-refractivity contribution in [3.8, 4) is 0 Å². The second-order valence-corrected chi connectivity index (χ2v) is 8.95. The third kappa shape index (κ3) is 3.37. The molecule has 0 saturated carbocycles. The number of halogens is 1. The predicted octanol–water partition coefficient (Wildman–Crippen LogP) is 4.29. The van der Waals surface area contributed by atoms with E-state index in [1.807, 2.05) is 30.0 Å². The maximum atomic E-state index is 13.2. The van der Waals surface area contributed by atoms with Crippen LogP contribution in [0.25, 0.3) is 0 Å². The zero-order chi connectivity index (χ0) is 19.1. The van der Waals surface area contributed by atoms with Gasteiger partial charge in [-0.15, -0.1) is 0 Å². The van der Waals surface area contributed by atoms with Crippen molar-refractivity contribution in [1.29, 1.82) is 0 Å². The quantitative estimate of drug-likeness (QED) is 0.774. The number of carbonyl (C=O) groups is 2. The second-order valence-electron chi connectivity index (χ2n) is 8.55. The maximum Gasteiger partial charge on any atom is 0.253 e. The molecule has 5 heteroatoms. The topological polar surface area (TPSA) is 40.6 Å². The molecule has 3 fully saturated rings. The number of rotatable bonds is 3. The first-order valence-corrected chi connectivity index (χ1v) is 10.7. The van der Waals surface area contributed by atoms with Crippen LogP contribution < -0.4 is 0 Å². The molecule has 4 atom stereocenters. The van der Waals surface area contributed by atoms with Gasteiger partial charge in [-0.1, -0.05) is 24.9 Å². The molecule has 0 radical (unpaired) electrons. The molecule has 0 aliphatic carbocycles. The number of benzene rings is 1. The highest BCUT2D eigenvalue weighted by Gasteiger charge is 2.49. The highest BCUT2D eigenvalue weighted by atomic mass is 35.5. The van der Waals surface area contributed by atoms with Gasteiger partial charge in [-0.25, -0.2) is 0 Å². The number of nitrogens with zero attached hydrogens (tertiary/aromatic N) is 2. The Morgan fingerprint density at radius 1 is 1.26 bits per heavy atom. The van der Waals surface area contributed by atoms with E-state index in [9.17, 15) is 9.59 Å². The Morgan fingerprint density at radius 2 is 2.04 bits per heavy atom. The summed E-state index contributed by atoms with van der Waals surface area (Å²) in [4.78, 5) is 30.1. The number of aryl methyl sites for hydroxylation is 1. The zero-order valence-electron chi connectivity index (χ0n) is 16.3. The minimum Gasteiger partial charge on any atom is -0.338 e. The normalized spacial score (nSPS) is 30.3. The number of piperidine rings is 3. The molecule has 2 bridgehead atoms. The second kappa shape index (κ2) is 7.46. The van der Waals surface area contributed by atoms with Gasteiger partial charge in [-0.2, -0.15) is 0 Å². The molecule has 146 valence electrons. The fourth-order valence-electron chi connectivity index (χ4n) is 5.57. The third-order valence-corrected chi connectivity index (χ3v) is 7.20. The van der Waals surface area contributed by atoms with Gasteiger partial charge in [0.1, 0.15) is 0 Å². The van der Waals surface area contributed by atoms with E-state index >= 15 is 0 Å². The molecular weight excluding hydrogens is 360 g/mol. The summed E-state index contributed by atoms with van der Waals surface area (Å²) in [7, 11) is 0. The molecule has 1 aromatic carbocycles. The van der Waals surface area contributed by atoms with Crippen molar-refractivity contribution in [2.45, 2.75) is 64.5 Å². The van der Waals surface area contributed by atoms with Gasteiger partial charge in [0.2, 0.25) is 5.91 Å². The van der Waals surface area contributed by atoms with Crippen molar-refractivity contribution in [3.05, 3.63) is 34.3 Å². The van der Waals surface area contributed by atoms with E-state index in [-0.39, 0.29) is 5.91 Å². The van der Waals surface area contributed by atoms with Crippen LogP contribution in [0, 0.1) is 18.8 Å². The first-order valence-electron chi connectivity index (χ1n) is 10.4. The van der Waals surface area contributed by atoms with Crippen molar-refractivity contribution < 1.29 is 9.59 Å². The standard InChI is InChI=1S/C22H29ClN2O2/c1-3-5-19-16-11-17(20-6-4-7-21(26)25(19)20)13-24(12-16)22(27)15-8-9-18(23)14(2)10-15/h8-10,16-17,19-20H,3-7,11-13H2,1-2H3/t16-,17+,19-,20-/m0/s1. The van der Waals surface area contributed by atoms with E-state index in [2.05, 4.69) is 11.8 Å². The number of fused-ring (bicyclic) bond motifs is 4. The van der Waals surface area contributed by atoms with Crippen LogP contribution in [0.4, 0.5) is 0 Å². The van der Waals surface area contributed by atoms with Gasteiger partial charge in [0.15, 0.2) is 0 Å². The van der Waals surface area contributed by atoms with E-state index in [4.69, 9.17) is 11.6 Å². The molecule has 27 heavy (non-hydrogen) atoms. The fourth-order valence-corrected chi connectivity index (χ4v) is 5.69. The smallest absolute Gasteiger partial charge is 0.253 e. The highest BCUT2D eigenvalue weighted by Crippen LogP contribution is 2.43. The summed E-state index contributed by atoms with van der Waals surface area (Å²) in [5.74, 6) is 1.26. The largest absolute Gasteiger partial charge is 0.338 e. The minimum atomic E-state index is 0.107. The van der Waals surface area contributed by atoms with Crippen LogP contribution in [0.3, 0.4) is 0 Å². The Kier molecular flexibility index (Phi) is 5.19. The summed E-state index contributed by atoms with van der Waals surface area (Å²) in [6.07, 6.45) is 6.05. The maximum absolute atomic E-state index is 13.2. The number of likely N-dealkylation sites (tertiary alicyclic amines) is 1. The molecule has 3 heterocycles. The summed E-state index contributed by atoms with van der Waals surface area (Å²) >= 11 is 6.13. The van der Waals surface area contributed by atoms with Crippen molar-refractivity contribution in [2.75, 3.05) is 13.1 Å². The Morgan fingerprint density at radius 3 is 2.78 bits per heavy atom. The highest BCUT2D eigenvalue weighted by molar-refractivity contribution is 6.31. The number of carbonyl (C=O) groups excluding carboxylic acids is 2. The molecule has 0 spiro atoms. The minimum absolute atomic E-state index is 0.107. The third-order valence-electron chi connectivity index (χ3n) is 6.77. The summed E-state index contributed by atoms with van der Waals surface area (Å²) < 4.78 is 0. The van der Waals surface area contributed by atoms with E-state index in [1.54, 1.807) is 0 Å². The molecule has 2 amide bonds. The lowest BCUT2D eigenvalue weighted by molar-refractivity contribution is -0.152. The molecule has 0 N–H and O–H groups in total. The van der Waals surface area contributed by atoms with Gasteiger partial charge in [-0.05, 0) is 68.2 Å². The molecular formula is C22H29ClN2O2. The summed E-state index contributed by atoms with van der Waals surface area (Å²) in [6, 6.07) is 6.17. The van der Waals surface area contributed by atoms with Gasteiger partial charge >= 0.3 is 0 Å². The van der Waals surface area contributed by atoms with Gasteiger partial charge < -0.3 is 9.80 Å². The van der Waals surface area contributed by atoms with E-state index in [0.717, 1.165) is 56.3 Å². The average molecular weight is 389 g/mol. The summed E-state index contributed by atoms with van der Waals surface area (Å²) in [5, 5.41) is 0.696. The molecule has 3 aliphatic rings. The molecule has 1 aromatic rings. The Bertz CT molecular complexity index is 750. The van der Waals surface area contributed by atoms with Crippen molar-refractivity contribution in [2.24, 2.45) is 11.8 Å². The van der Waals surface area contributed by atoms with Crippen LogP contribution in [-0.4, -0.2) is 46.8 Å². The van der Waals surface area contributed by atoms with Crippen LogP contribution in [0.1, 0.15) is 61.4 Å². The summed E-state index contributed by atoms with van der Waals surface area (Å²) in [6.45, 7) is 5.66. The summed E-state index contributed by atoms with van der Waals surface area (Å²) in [5.41, 5.74) is 1.66. The lowest BCUT2D eigenvalue weighted by Crippen LogP contribution is -2.65. The van der Waals surface area contributed by atoms with Crippen molar-refractivity contribution >= 4 is 23.4 Å². The van der Waals surface area contributed by atoms with Gasteiger partial charge in [0.05, 0.1) is 0 Å². The van der Waals surface area contributed by atoms with Crippen LogP contribution in [0.2, 0.25) is 5.02 Å². The first-order chi connectivity index (χ1) is 13.0. The van der Waals surface area contributed by atoms with E-state index < -0.39 is 0 Å². The zero-order valence-corrected chi connectivity index (χ0v) is 17.0. The molecule has 3 saturated heterocycles. The predicted molar refractivity (Wildman–Crippen MR) is 107 cm³/mol. The average Bonchev–Trinajstić information content (AvgIpc) is 2.67. The van der Waals surface area contributed by atoms with Crippen LogP contribution in [0.5, 0.6) is 0 Å². The molecule has 4 nitrogen and oxygen atoms in total. The van der Waals surface area contributed by atoms with Crippen LogP contribution in [0.15, 0.2) is 18.2 Å². The van der Waals surface area contributed by atoms with Crippen molar-refractivity contribution in [1.82, 2.24) is 9.80 Å². The van der Waals surface area contributed by atoms with E-state index in [0.29, 0.717) is 41.3 Å². The van der Waals surface area contributed by atoms with Gasteiger partial charge in [0.25, 0.3) is 5.91 Å². The number of hydrogen-bond donors (Lipinski definition) is 0. The Labute approximate surface area is 166 Å². The molecule has 4 rings (SSSR count). The number of hydrogen-bond acceptors (Lipinski definition) is 2. The first kappa shape index (κ1) is 18.8. The van der Waals surface area contributed by atoms with E-state index in [1.165, 1.54) is 0 Å². The molecule has 3 aliphatic heterocycles. The monoisotopic (exact) mass is 388 g/mol. The molecule has 0 aromatic heterocycles. The van der Waals surface area contributed by atoms with Crippen LogP contribution >= 0.6 is 11.6 Å². The van der Waals surface area contributed by atoms with Gasteiger partial charge in [0, 0.05) is 42.2 Å².